The lowest BCUT2D eigenvalue weighted by Gasteiger charge is -2.25. The molecular formula is C38H39Cl3N2O4. The Kier molecular flexibility index (Phi) is 10.6. The molecule has 2 aliphatic heterocycles. The number of alkyl halides is 2. The Morgan fingerprint density at radius 1 is 0.851 bits per heavy atom. The molecule has 0 saturated heterocycles. The zero-order valence-electron chi connectivity index (χ0n) is 26.6. The van der Waals surface area contributed by atoms with Gasteiger partial charge in [0.25, 0.3) is 0 Å². The highest BCUT2D eigenvalue weighted by molar-refractivity contribution is 6.19. The lowest BCUT2D eigenvalue weighted by atomic mass is 9.95. The molecule has 5 aromatic rings. The fourth-order valence-corrected chi connectivity index (χ4v) is 6.83. The van der Waals surface area contributed by atoms with E-state index in [-0.39, 0.29) is 24.4 Å². The monoisotopic (exact) mass is 692 g/mol. The topological polar surface area (TPSA) is 71.0 Å². The molecule has 1 amide bonds. The molecule has 0 saturated carbocycles. The lowest BCUT2D eigenvalue weighted by molar-refractivity contribution is 0.0582. The van der Waals surface area contributed by atoms with E-state index < -0.39 is 5.60 Å². The number of nitrogens with one attached hydrogen (secondary N) is 1. The predicted molar refractivity (Wildman–Crippen MR) is 197 cm³/mol. The van der Waals surface area contributed by atoms with E-state index in [1.165, 1.54) is 5.56 Å². The number of carbonyl (C=O) groups is 1. The third-order valence-corrected chi connectivity index (χ3v) is 9.11. The van der Waals surface area contributed by atoms with Gasteiger partial charge in [0.05, 0.1) is 5.69 Å². The van der Waals surface area contributed by atoms with E-state index in [1.807, 2.05) is 93.6 Å². The van der Waals surface area contributed by atoms with Crippen LogP contribution in [-0.2, 0) is 11.3 Å². The van der Waals surface area contributed by atoms with Gasteiger partial charge in [-0.25, -0.2) is 4.79 Å². The summed E-state index contributed by atoms with van der Waals surface area (Å²) < 4.78 is 11.9. The van der Waals surface area contributed by atoms with E-state index in [1.54, 1.807) is 11.0 Å². The molecule has 2 atom stereocenters. The smallest absolute Gasteiger partial charge is 0.414 e. The highest BCUT2D eigenvalue weighted by Crippen LogP contribution is 2.46. The standard InChI is InChI=1S/C25H26ClNO3.C13H12ClNO.ClH/c1-25(2,3)30-24(28)27-15-18(14-26)23-20-12-8-7-11-19(20)22(13-21(23)27)29-16-17-9-5-4-6-10-17;14-6-8-7-15-11-5-12(16)9-3-1-2-4-10(9)13(8)11;/h4-13,18H,14-16H2,1-3H3;1-5,8,15-16H,6-7H2;1H/t18-;8-;/m11./s1. The van der Waals surface area contributed by atoms with Crippen LogP contribution in [0.4, 0.5) is 16.2 Å². The van der Waals surface area contributed by atoms with Crippen LogP contribution in [0.5, 0.6) is 11.5 Å². The summed E-state index contributed by atoms with van der Waals surface area (Å²) in [6.07, 6.45) is -0.361. The third kappa shape index (κ3) is 7.20. The second-order valence-corrected chi connectivity index (χ2v) is 13.3. The second kappa shape index (κ2) is 14.5. The summed E-state index contributed by atoms with van der Waals surface area (Å²) in [7, 11) is 0. The molecule has 0 radical (unpaired) electrons. The number of amides is 1. The van der Waals surface area contributed by atoms with Gasteiger partial charge < -0.3 is 19.9 Å². The van der Waals surface area contributed by atoms with Crippen LogP contribution in [0.1, 0.15) is 49.3 Å². The van der Waals surface area contributed by atoms with Crippen LogP contribution in [0.3, 0.4) is 0 Å². The lowest BCUT2D eigenvalue weighted by Crippen LogP contribution is -2.36. The number of carbonyl (C=O) groups excluding carboxylic acids is 1. The molecular weight excluding hydrogens is 655 g/mol. The average Bonchev–Trinajstić information content (AvgIpc) is 3.65. The SMILES string of the molecule is CC(C)(C)OC(=O)N1C[C@@H](CCl)c2c1cc(OCc1ccccc1)c1ccccc21.Cl.Oc1cc2c(c3ccccc13)[C@H](CCl)CN2. The number of aromatic hydroxyl groups is 1. The number of anilines is 2. The minimum Gasteiger partial charge on any atom is -0.507 e. The maximum Gasteiger partial charge on any atom is 0.414 e. The summed E-state index contributed by atoms with van der Waals surface area (Å²) in [5, 5.41) is 17.3. The second-order valence-electron chi connectivity index (χ2n) is 12.7. The molecule has 0 aliphatic carbocycles. The molecule has 5 aromatic carbocycles. The van der Waals surface area contributed by atoms with Gasteiger partial charge in [0.1, 0.15) is 23.7 Å². The van der Waals surface area contributed by atoms with Crippen LogP contribution in [0.15, 0.2) is 91.0 Å². The van der Waals surface area contributed by atoms with Gasteiger partial charge in [0.2, 0.25) is 0 Å². The van der Waals surface area contributed by atoms with Gasteiger partial charge >= 0.3 is 6.09 Å². The van der Waals surface area contributed by atoms with E-state index in [0.29, 0.717) is 36.6 Å². The van der Waals surface area contributed by atoms with Crippen molar-refractivity contribution < 1.29 is 19.4 Å². The first-order chi connectivity index (χ1) is 22.2. The van der Waals surface area contributed by atoms with E-state index >= 15 is 0 Å². The Morgan fingerprint density at radius 3 is 2.09 bits per heavy atom. The minimum atomic E-state index is -0.570. The molecule has 0 fully saturated rings. The summed E-state index contributed by atoms with van der Waals surface area (Å²) in [4.78, 5) is 14.6. The van der Waals surface area contributed by atoms with E-state index in [0.717, 1.165) is 56.3 Å². The summed E-state index contributed by atoms with van der Waals surface area (Å²) in [6, 6.07) is 29.8. The summed E-state index contributed by atoms with van der Waals surface area (Å²) >= 11 is 12.3. The fraction of sp³-hybridized carbons (Fsp3) is 0.289. The van der Waals surface area contributed by atoms with Crippen molar-refractivity contribution in [3.63, 3.8) is 0 Å². The fourth-order valence-electron chi connectivity index (χ4n) is 6.32. The Morgan fingerprint density at radius 2 is 1.45 bits per heavy atom. The van der Waals surface area contributed by atoms with Gasteiger partial charge in [-0.15, -0.1) is 35.6 Å². The summed E-state index contributed by atoms with van der Waals surface area (Å²) in [5.74, 6) is 2.49. The maximum atomic E-state index is 12.9. The zero-order chi connectivity index (χ0) is 32.4. The quantitative estimate of drug-likeness (QED) is 0.179. The van der Waals surface area contributed by atoms with Crippen molar-refractivity contribution in [1.29, 1.82) is 0 Å². The highest BCUT2D eigenvalue weighted by atomic mass is 35.5. The number of halogens is 3. The highest BCUT2D eigenvalue weighted by Gasteiger charge is 2.36. The molecule has 47 heavy (non-hydrogen) atoms. The number of hydrogen-bond acceptors (Lipinski definition) is 5. The zero-order valence-corrected chi connectivity index (χ0v) is 29.0. The van der Waals surface area contributed by atoms with Gasteiger partial charge in [0.15, 0.2) is 0 Å². The molecule has 9 heteroatoms. The Hall–Kier alpha value is -3.84. The number of rotatable bonds is 5. The predicted octanol–water partition coefficient (Wildman–Crippen LogP) is 10.2. The molecule has 2 N–H and O–H groups in total. The van der Waals surface area contributed by atoms with Gasteiger partial charge in [0, 0.05) is 65.3 Å². The first kappa shape index (κ1) is 34.5. The van der Waals surface area contributed by atoms with Crippen LogP contribution in [0, 0.1) is 0 Å². The Balaban J connectivity index is 0.000000214. The molecule has 7 rings (SSSR count). The molecule has 246 valence electrons. The van der Waals surface area contributed by atoms with Crippen molar-refractivity contribution in [3.05, 3.63) is 108 Å². The molecule has 0 unspecified atom stereocenters. The number of phenols is 1. The first-order valence-corrected chi connectivity index (χ1v) is 16.6. The van der Waals surface area contributed by atoms with Crippen LogP contribution in [-0.4, -0.2) is 41.7 Å². The van der Waals surface area contributed by atoms with Crippen molar-refractivity contribution in [2.24, 2.45) is 0 Å². The largest absolute Gasteiger partial charge is 0.507 e. The van der Waals surface area contributed by atoms with Crippen molar-refractivity contribution in [2.45, 2.75) is 44.8 Å². The molecule has 2 aliphatic rings. The van der Waals surface area contributed by atoms with Crippen LogP contribution < -0.4 is 15.0 Å². The molecule has 2 heterocycles. The molecule has 6 nitrogen and oxygen atoms in total. The number of fused-ring (bicyclic) bond motifs is 6. The van der Waals surface area contributed by atoms with Crippen molar-refractivity contribution >= 4 is 74.6 Å². The number of ether oxygens (including phenoxy) is 2. The van der Waals surface area contributed by atoms with Gasteiger partial charge in [-0.2, -0.15) is 0 Å². The van der Waals surface area contributed by atoms with E-state index in [9.17, 15) is 9.90 Å². The van der Waals surface area contributed by atoms with E-state index in [2.05, 4.69) is 17.4 Å². The van der Waals surface area contributed by atoms with Crippen molar-refractivity contribution in [2.75, 3.05) is 35.1 Å². The summed E-state index contributed by atoms with van der Waals surface area (Å²) in [5.41, 5.74) is 4.67. The van der Waals surface area contributed by atoms with Crippen LogP contribution in [0.2, 0.25) is 0 Å². The third-order valence-electron chi connectivity index (χ3n) is 8.36. The van der Waals surface area contributed by atoms with Gasteiger partial charge in [-0.1, -0.05) is 78.9 Å². The van der Waals surface area contributed by atoms with Crippen LogP contribution in [0.25, 0.3) is 21.5 Å². The molecule has 0 spiro atoms. The number of phenolic OH excluding ortho intramolecular Hbond substituents is 1. The summed E-state index contributed by atoms with van der Waals surface area (Å²) in [6.45, 7) is 7.42. The first-order valence-electron chi connectivity index (χ1n) is 15.5. The van der Waals surface area contributed by atoms with Crippen LogP contribution >= 0.6 is 35.6 Å². The minimum absolute atomic E-state index is 0. The van der Waals surface area contributed by atoms with Crippen molar-refractivity contribution in [1.82, 2.24) is 0 Å². The number of hydrogen-bond donors (Lipinski definition) is 2. The Labute approximate surface area is 292 Å². The number of benzene rings is 5. The number of nitrogens with zero attached hydrogens (tertiary/aromatic N) is 1. The Bertz CT molecular complexity index is 1880. The molecule has 0 aromatic heterocycles. The van der Waals surface area contributed by atoms with E-state index in [4.69, 9.17) is 32.7 Å². The van der Waals surface area contributed by atoms with Crippen molar-refractivity contribution in [3.8, 4) is 11.5 Å². The maximum absolute atomic E-state index is 12.9. The average molecular weight is 694 g/mol. The van der Waals surface area contributed by atoms with Gasteiger partial charge in [-0.3, -0.25) is 4.90 Å². The normalized spacial score (nSPS) is 16.4. The molecule has 0 bridgehead atoms. The van der Waals surface area contributed by atoms with Gasteiger partial charge in [-0.05, 0) is 48.2 Å².